The number of ether oxygens (including phenoxy) is 3. The first-order valence-corrected chi connectivity index (χ1v) is 10.3. The van der Waals surface area contributed by atoms with Gasteiger partial charge in [0.2, 0.25) is 0 Å². The Bertz CT molecular complexity index is 1080. The summed E-state index contributed by atoms with van der Waals surface area (Å²) in [4.78, 5) is 9.10. The fourth-order valence-corrected chi connectivity index (χ4v) is 3.35. The Hall–Kier alpha value is -3.44. The molecule has 0 saturated heterocycles. The number of thioether (sulfide) groups is 1. The quantitative estimate of drug-likeness (QED) is 0.423. The fourth-order valence-electron chi connectivity index (χ4n) is 2.99. The molecule has 1 aromatic heterocycles. The highest BCUT2D eigenvalue weighted by atomic mass is 32.2. The largest absolute Gasteiger partial charge is 0.496 e. The molecule has 0 fully saturated rings. The molecule has 2 aromatic carbocycles. The average molecular weight is 423 g/mol. The lowest BCUT2D eigenvalue weighted by atomic mass is 10.1. The number of aromatic nitrogens is 2. The summed E-state index contributed by atoms with van der Waals surface area (Å²) in [6.07, 6.45) is 1.89. The van der Waals surface area contributed by atoms with Crippen molar-refractivity contribution in [2.24, 2.45) is 0 Å². The molecule has 8 heteroatoms. The van der Waals surface area contributed by atoms with Gasteiger partial charge in [0.1, 0.15) is 23.2 Å². The van der Waals surface area contributed by atoms with Crippen LogP contribution in [0.3, 0.4) is 0 Å². The molecule has 30 heavy (non-hydrogen) atoms. The van der Waals surface area contributed by atoms with Crippen LogP contribution in [0.4, 0.5) is 5.82 Å². The first-order valence-electron chi connectivity index (χ1n) is 9.09. The number of nitriles is 1. The minimum Gasteiger partial charge on any atom is -0.496 e. The SMILES string of the molecule is COc1ccccc1CNc1nc(SC)nc(-c2ccc(OC)c(OC)c2)c1C#N. The van der Waals surface area contributed by atoms with Gasteiger partial charge in [-0.3, -0.25) is 0 Å². The van der Waals surface area contributed by atoms with Gasteiger partial charge in [-0.2, -0.15) is 5.26 Å². The molecule has 154 valence electrons. The number of para-hydroxylation sites is 1. The van der Waals surface area contributed by atoms with Crippen molar-refractivity contribution in [1.29, 1.82) is 5.26 Å². The van der Waals surface area contributed by atoms with Crippen LogP contribution < -0.4 is 19.5 Å². The van der Waals surface area contributed by atoms with Crippen molar-refractivity contribution in [2.75, 3.05) is 32.9 Å². The Morgan fingerprint density at radius 1 is 0.967 bits per heavy atom. The zero-order chi connectivity index (χ0) is 21.5. The predicted octanol–water partition coefficient (Wildman–Crippen LogP) is 4.38. The third-order valence-electron chi connectivity index (χ3n) is 4.48. The molecule has 1 N–H and O–H groups in total. The van der Waals surface area contributed by atoms with E-state index in [1.54, 1.807) is 33.5 Å². The first-order chi connectivity index (χ1) is 14.6. The van der Waals surface area contributed by atoms with E-state index < -0.39 is 0 Å². The summed E-state index contributed by atoms with van der Waals surface area (Å²) in [7, 11) is 4.78. The summed E-state index contributed by atoms with van der Waals surface area (Å²) in [5.74, 6) is 2.40. The molecule has 3 aromatic rings. The monoisotopic (exact) mass is 422 g/mol. The zero-order valence-electron chi connectivity index (χ0n) is 17.2. The van der Waals surface area contributed by atoms with Crippen molar-refractivity contribution in [1.82, 2.24) is 9.97 Å². The first kappa shape index (κ1) is 21.3. The highest BCUT2D eigenvalue weighted by Gasteiger charge is 2.18. The molecule has 0 atom stereocenters. The van der Waals surface area contributed by atoms with E-state index in [4.69, 9.17) is 14.2 Å². The summed E-state index contributed by atoms with van der Waals surface area (Å²) in [6.45, 7) is 0.453. The Labute approximate surface area is 180 Å². The number of methoxy groups -OCH3 is 3. The summed E-state index contributed by atoms with van der Waals surface area (Å²) in [5, 5.41) is 13.7. The van der Waals surface area contributed by atoms with Crippen molar-refractivity contribution < 1.29 is 14.2 Å². The summed E-state index contributed by atoms with van der Waals surface area (Å²) in [6, 6.07) is 15.4. The van der Waals surface area contributed by atoms with E-state index in [9.17, 15) is 5.26 Å². The highest BCUT2D eigenvalue weighted by Crippen LogP contribution is 2.35. The number of hydrogen-bond donors (Lipinski definition) is 1. The molecule has 0 aliphatic heterocycles. The van der Waals surface area contributed by atoms with Crippen LogP contribution in [0.15, 0.2) is 47.6 Å². The average Bonchev–Trinajstić information content (AvgIpc) is 2.81. The van der Waals surface area contributed by atoms with E-state index in [2.05, 4.69) is 21.4 Å². The lowest BCUT2D eigenvalue weighted by Gasteiger charge is -2.14. The molecule has 0 aliphatic carbocycles. The molecule has 0 unspecified atom stereocenters. The normalized spacial score (nSPS) is 10.2. The highest BCUT2D eigenvalue weighted by molar-refractivity contribution is 7.98. The molecule has 0 amide bonds. The minimum atomic E-state index is 0.356. The van der Waals surface area contributed by atoms with Gasteiger partial charge in [-0.15, -0.1) is 0 Å². The Morgan fingerprint density at radius 3 is 2.37 bits per heavy atom. The topological polar surface area (TPSA) is 89.3 Å². The molecule has 0 saturated carbocycles. The standard InChI is InChI=1S/C22H22N4O3S/c1-27-17-8-6-5-7-15(17)13-24-21-16(12-23)20(25-22(26-21)30-4)14-9-10-18(28-2)19(11-14)29-3/h5-11H,13H2,1-4H3,(H,24,25,26). The van der Waals surface area contributed by atoms with Crippen LogP contribution in [0, 0.1) is 11.3 Å². The maximum atomic E-state index is 9.89. The Balaban J connectivity index is 2.04. The van der Waals surface area contributed by atoms with E-state index in [1.807, 2.05) is 36.6 Å². The maximum absolute atomic E-state index is 9.89. The third kappa shape index (κ3) is 4.42. The van der Waals surface area contributed by atoms with Crippen LogP contribution in [-0.4, -0.2) is 37.6 Å². The van der Waals surface area contributed by atoms with Crippen molar-refractivity contribution in [3.8, 4) is 34.6 Å². The molecule has 7 nitrogen and oxygen atoms in total. The smallest absolute Gasteiger partial charge is 0.189 e. The van der Waals surface area contributed by atoms with Gasteiger partial charge in [-0.05, 0) is 30.5 Å². The molecule has 1 heterocycles. The van der Waals surface area contributed by atoms with Crippen LogP contribution >= 0.6 is 11.8 Å². The number of nitrogens with one attached hydrogen (secondary N) is 1. The number of hydrogen-bond acceptors (Lipinski definition) is 8. The molecule has 0 spiro atoms. The molecular formula is C22H22N4O3S. The van der Waals surface area contributed by atoms with Gasteiger partial charge >= 0.3 is 0 Å². The van der Waals surface area contributed by atoms with E-state index in [-0.39, 0.29) is 0 Å². The van der Waals surface area contributed by atoms with Gasteiger partial charge in [-0.25, -0.2) is 9.97 Å². The number of nitrogens with zero attached hydrogens (tertiary/aromatic N) is 3. The van der Waals surface area contributed by atoms with E-state index in [0.29, 0.717) is 40.3 Å². The maximum Gasteiger partial charge on any atom is 0.189 e. The second kappa shape index (κ2) is 9.85. The molecular weight excluding hydrogens is 400 g/mol. The van der Waals surface area contributed by atoms with Crippen LogP contribution in [0.25, 0.3) is 11.3 Å². The summed E-state index contributed by atoms with van der Waals surface area (Å²) >= 11 is 1.41. The van der Waals surface area contributed by atoms with Crippen molar-refractivity contribution in [3.63, 3.8) is 0 Å². The van der Waals surface area contributed by atoms with E-state index in [0.717, 1.165) is 16.9 Å². The second-order valence-electron chi connectivity index (χ2n) is 6.13. The minimum absolute atomic E-state index is 0.356. The molecule has 3 rings (SSSR count). The van der Waals surface area contributed by atoms with Crippen molar-refractivity contribution in [3.05, 3.63) is 53.6 Å². The van der Waals surface area contributed by atoms with Gasteiger partial charge in [0.15, 0.2) is 16.7 Å². The van der Waals surface area contributed by atoms with Crippen LogP contribution in [-0.2, 0) is 6.54 Å². The Morgan fingerprint density at radius 2 is 1.70 bits per heavy atom. The van der Waals surface area contributed by atoms with E-state index in [1.165, 1.54) is 11.8 Å². The van der Waals surface area contributed by atoms with Gasteiger partial charge in [-0.1, -0.05) is 30.0 Å². The molecule has 0 radical (unpaired) electrons. The zero-order valence-corrected chi connectivity index (χ0v) is 18.0. The fraction of sp³-hybridized carbons (Fsp3) is 0.227. The van der Waals surface area contributed by atoms with Crippen molar-refractivity contribution in [2.45, 2.75) is 11.7 Å². The van der Waals surface area contributed by atoms with Crippen LogP contribution in [0.5, 0.6) is 17.2 Å². The van der Waals surface area contributed by atoms with Gasteiger partial charge < -0.3 is 19.5 Å². The third-order valence-corrected chi connectivity index (χ3v) is 5.03. The lowest BCUT2D eigenvalue weighted by Crippen LogP contribution is -2.08. The summed E-state index contributed by atoms with van der Waals surface area (Å²) in [5.41, 5.74) is 2.58. The molecule has 0 aliphatic rings. The van der Waals surface area contributed by atoms with Gasteiger partial charge in [0, 0.05) is 17.7 Å². The van der Waals surface area contributed by atoms with Crippen LogP contribution in [0.1, 0.15) is 11.1 Å². The lowest BCUT2D eigenvalue weighted by molar-refractivity contribution is 0.355. The summed E-state index contributed by atoms with van der Waals surface area (Å²) < 4.78 is 16.1. The predicted molar refractivity (Wildman–Crippen MR) is 117 cm³/mol. The van der Waals surface area contributed by atoms with E-state index >= 15 is 0 Å². The number of anilines is 1. The second-order valence-corrected chi connectivity index (χ2v) is 6.90. The molecule has 0 bridgehead atoms. The Kier molecular flexibility index (Phi) is 6.99. The number of rotatable bonds is 8. The van der Waals surface area contributed by atoms with Gasteiger partial charge in [0.05, 0.1) is 27.0 Å². The van der Waals surface area contributed by atoms with Gasteiger partial charge in [0.25, 0.3) is 0 Å². The number of benzene rings is 2. The van der Waals surface area contributed by atoms with Crippen molar-refractivity contribution >= 4 is 17.6 Å². The van der Waals surface area contributed by atoms with Crippen LogP contribution in [0.2, 0.25) is 0 Å².